The van der Waals surface area contributed by atoms with Crippen LogP contribution in [0.4, 0.5) is 0 Å². The Balaban J connectivity index is 1.70. The summed E-state index contributed by atoms with van der Waals surface area (Å²) in [5.41, 5.74) is 3.65. The molecule has 0 bridgehead atoms. The third-order valence-corrected chi connectivity index (χ3v) is 3.69. The molecular formula is C16H13BrN2O4. The Bertz CT molecular complexity index is 777. The zero-order valence-corrected chi connectivity index (χ0v) is 13.8. The van der Waals surface area contributed by atoms with Crippen LogP contribution >= 0.6 is 15.9 Å². The first kappa shape index (κ1) is 15.4. The number of ether oxygens (including phenoxy) is 3. The minimum absolute atomic E-state index is 0.168. The third-order valence-electron chi connectivity index (χ3n) is 3.20. The molecule has 1 aliphatic heterocycles. The summed E-state index contributed by atoms with van der Waals surface area (Å²) in [6.45, 7) is 0.168. The number of benzene rings is 2. The molecule has 1 heterocycles. The summed E-state index contributed by atoms with van der Waals surface area (Å²) in [6, 6.07) is 10.5. The lowest BCUT2D eigenvalue weighted by Gasteiger charge is -2.05. The number of halogens is 1. The number of hydrazone groups is 1. The first-order valence-corrected chi connectivity index (χ1v) is 7.53. The van der Waals surface area contributed by atoms with Gasteiger partial charge in [0.25, 0.3) is 5.91 Å². The lowest BCUT2D eigenvalue weighted by molar-refractivity contribution is 0.0954. The highest BCUT2D eigenvalue weighted by molar-refractivity contribution is 9.10. The second-order valence-corrected chi connectivity index (χ2v) is 5.57. The van der Waals surface area contributed by atoms with Crippen molar-refractivity contribution in [2.24, 2.45) is 5.10 Å². The second kappa shape index (κ2) is 6.70. The number of rotatable bonds is 4. The topological polar surface area (TPSA) is 69.2 Å². The largest absolute Gasteiger partial charge is 0.496 e. The molecule has 0 spiro atoms. The van der Waals surface area contributed by atoms with Crippen LogP contribution in [0.3, 0.4) is 0 Å². The van der Waals surface area contributed by atoms with E-state index in [0.29, 0.717) is 22.8 Å². The molecule has 2 aromatic carbocycles. The van der Waals surface area contributed by atoms with E-state index < -0.39 is 0 Å². The van der Waals surface area contributed by atoms with Crippen molar-refractivity contribution in [2.45, 2.75) is 0 Å². The number of amides is 1. The van der Waals surface area contributed by atoms with Crippen molar-refractivity contribution in [1.82, 2.24) is 5.43 Å². The molecule has 0 fully saturated rings. The van der Waals surface area contributed by atoms with Crippen LogP contribution in [0.5, 0.6) is 17.2 Å². The van der Waals surface area contributed by atoms with Crippen molar-refractivity contribution >= 4 is 28.1 Å². The van der Waals surface area contributed by atoms with E-state index in [1.807, 2.05) is 18.2 Å². The maximum atomic E-state index is 12.1. The summed E-state index contributed by atoms with van der Waals surface area (Å²) in [5, 5.41) is 3.96. The molecular weight excluding hydrogens is 364 g/mol. The van der Waals surface area contributed by atoms with E-state index in [4.69, 9.17) is 14.2 Å². The monoisotopic (exact) mass is 376 g/mol. The minimum Gasteiger partial charge on any atom is -0.496 e. The quantitative estimate of drug-likeness (QED) is 0.657. The normalized spacial score (nSPS) is 12.4. The van der Waals surface area contributed by atoms with Crippen LogP contribution in [0.2, 0.25) is 0 Å². The average molecular weight is 377 g/mol. The summed E-state index contributed by atoms with van der Waals surface area (Å²) >= 11 is 3.38. The Labute approximate surface area is 141 Å². The van der Waals surface area contributed by atoms with Gasteiger partial charge in [0.2, 0.25) is 6.79 Å². The number of fused-ring (bicyclic) bond motifs is 1. The molecule has 118 valence electrons. The van der Waals surface area contributed by atoms with E-state index in [0.717, 1.165) is 10.0 Å². The van der Waals surface area contributed by atoms with Gasteiger partial charge in [-0.15, -0.1) is 0 Å². The van der Waals surface area contributed by atoms with E-state index in [1.165, 1.54) is 6.21 Å². The van der Waals surface area contributed by atoms with Gasteiger partial charge >= 0.3 is 0 Å². The van der Waals surface area contributed by atoms with E-state index in [2.05, 4.69) is 26.5 Å². The van der Waals surface area contributed by atoms with E-state index in [-0.39, 0.29) is 12.7 Å². The van der Waals surface area contributed by atoms with Crippen molar-refractivity contribution in [2.75, 3.05) is 13.9 Å². The molecule has 2 aromatic rings. The van der Waals surface area contributed by atoms with Gasteiger partial charge in [0, 0.05) is 15.6 Å². The SMILES string of the molecule is COc1ccc(Br)cc1C=NNC(=O)c1ccc2c(c1)OCO2. The third kappa shape index (κ3) is 3.45. The summed E-state index contributed by atoms with van der Waals surface area (Å²) in [4.78, 5) is 12.1. The van der Waals surface area contributed by atoms with Gasteiger partial charge in [0.05, 0.1) is 13.3 Å². The molecule has 23 heavy (non-hydrogen) atoms. The Hall–Kier alpha value is -2.54. The molecule has 1 N–H and O–H groups in total. The molecule has 0 saturated heterocycles. The van der Waals surface area contributed by atoms with Crippen LogP contribution < -0.4 is 19.6 Å². The number of hydrogen-bond donors (Lipinski definition) is 1. The Morgan fingerprint density at radius 3 is 2.91 bits per heavy atom. The zero-order valence-electron chi connectivity index (χ0n) is 12.2. The average Bonchev–Trinajstić information content (AvgIpc) is 3.02. The Morgan fingerprint density at radius 1 is 1.26 bits per heavy atom. The summed E-state index contributed by atoms with van der Waals surface area (Å²) in [7, 11) is 1.58. The van der Waals surface area contributed by atoms with Crippen LogP contribution in [-0.4, -0.2) is 26.0 Å². The molecule has 0 unspecified atom stereocenters. The van der Waals surface area contributed by atoms with Crippen molar-refractivity contribution < 1.29 is 19.0 Å². The van der Waals surface area contributed by atoms with Gasteiger partial charge in [-0.25, -0.2) is 5.43 Å². The summed E-state index contributed by atoms with van der Waals surface area (Å²) in [6.07, 6.45) is 1.52. The number of hydrogen-bond acceptors (Lipinski definition) is 5. The van der Waals surface area contributed by atoms with Crippen molar-refractivity contribution in [1.29, 1.82) is 0 Å². The summed E-state index contributed by atoms with van der Waals surface area (Å²) < 4.78 is 16.6. The molecule has 0 aromatic heterocycles. The highest BCUT2D eigenvalue weighted by Gasteiger charge is 2.15. The number of nitrogens with one attached hydrogen (secondary N) is 1. The van der Waals surface area contributed by atoms with Crippen LogP contribution in [0.15, 0.2) is 46.0 Å². The van der Waals surface area contributed by atoms with Crippen molar-refractivity contribution in [3.8, 4) is 17.2 Å². The highest BCUT2D eigenvalue weighted by atomic mass is 79.9. The maximum absolute atomic E-state index is 12.1. The molecule has 0 saturated carbocycles. The first-order valence-electron chi connectivity index (χ1n) is 6.74. The molecule has 6 nitrogen and oxygen atoms in total. The Kier molecular flexibility index (Phi) is 4.47. The van der Waals surface area contributed by atoms with Crippen LogP contribution in [0.25, 0.3) is 0 Å². The predicted octanol–water partition coefficient (Wildman–Crippen LogP) is 2.95. The molecule has 0 radical (unpaired) electrons. The highest BCUT2D eigenvalue weighted by Crippen LogP contribution is 2.32. The van der Waals surface area contributed by atoms with E-state index in [9.17, 15) is 4.79 Å². The lowest BCUT2D eigenvalue weighted by atomic mass is 10.2. The van der Waals surface area contributed by atoms with E-state index in [1.54, 1.807) is 25.3 Å². The number of nitrogens with zero attached hydrogens (tertiary/aromatic N) is 1. The van der Waals surface area contributed by atoms with Gasteiger partial charge in [-0.3, -0.25) is 4.79 Å². The van der Waals surface area contributed by atoms with Crippen LogP contribution in [0.1, 0.15) is 15.9 Å². The van der Waals surface area contributed by atoms with E-state index >= 15 is 0 Å². The fourth-order valence-corrected chi connectivity index (χ4v) is 2.45. The van der Waals surface area contributed by atoms with Crippen LogP contribution in [-0.2, 0) is 0 Å². The van der Waals surface area contributed by atoms with Gasteiger partial charge in [-0.1, -0.05) is 15.9 Å². The number of methoxy groups -OCH3 is 1. The lowest BCUT2D eigenvalue weighted by Crippen LogP contribution is -2.17. The fraction of sp³-hybridized carbons (Fsp3) is 0.125. The first-order chi connectivity index (χ1) is 11.2. The second-order valence-electron chi connectivity index (χ2n) is 4.65. The van der Waals surface area contributed by atoms with Gasteiger partial charge < -0.3 is 14.2 Å². The fourth-order valence-electron chi connectivity index (χ4n) is 2.07. The van der Waals surface area contributed by atoms with Gasteiger partial charge in [0.1, 0.15) is 5.75 Å². The predicted molar refractivity (Wildman–Crippen MR) is 88.3 cm³/mol. The van der Waals surface area contributed by atoms with Gasteiger partial charge in [0.15, 0.2) is 11.5 Å². The molecule has 1 aliphatic rings. The standard InChI is InChI=1S/C16H13BrN2O4/c1-21-13-5-3-12(17)6-11(13)8-18-19-16(20)10-2-4-14-15(7-10)23-9-22-14/h2-8H,9H2,1H3,(H,19,20). The summed E-state index contributed by atoms with van der Waals surface area (Å²) in [5.74, 6) is 1.50. The van der Waals surface area contributed by atoms with Gasteiger partial charge in [-0.05, 0) is 36.4 Å². The molecule has 0 aliphatic carbocycles. The van der Waals surface area contributed by atoms with Crippen molar-refractivity contribution in [3.05, 3.63) is 52.0 Å². The Morgan fingerprint density at radius 2 is 2.09 bits per heavy atom. The molecule has 3 rings (SSSR count). The zero-order chi connectivity index (χ0) is 16.2. The minimum atomic E-state index is -0.339. The molecule has 7 heteroatoms. The molecule has 0 atom stereocenters. The molecule has 1 amide bonds. The number of carbonyl (C=O) groups is 1. The smallest absolute Gasteiger partial charge is 0.271 e. The maximum Gasteiger partial charge on any atom is 0.271 e. The van der Waals surface area contributed by atoms with Gasteiger partial charge in [-0.2, -0.15) is 5.10 Å². The van der Waals surface area contributed by atoms with Crippen LogP contribution in [0, 0.1) is 0 Å². The number of carbonyl (C=O) groups excluding carboxylic acids is 1. The van der Waals surface area contributed by atoms with Crippen molar-refractivity contribution in [3.63, 3.8) is 0 Å².